The fraction of sp³-hybridized carbons (Fsp3) is 0.538. The highest BCUT2D eigenvalue weighted by atomic mass is 79.9. The van der Waals surface area contributed by atoms with E-state index in [0.29, 0.717) is 11.0 Å². The van der Waals surface area contributed by atoms with Crippen LogP contribution in [-0.2, 0) is 10.0 Å². The minimum Gasteiger partial charge on any atom is -0.398 e. The standard InChI is InChI=1S/C13H21Br2N3O2S/c1-4-18(5-2)8-9(3)17-21(19,20)13-11(15)6-10(14)7-12(13)16/h6-7,9,17H,4-5,8,16H2,1-3H3. The average Bonchev–Trinajstić information content (AvgIpc) is 2.33. The molecule has 21 heavy (non-hydrogen) atoms. The summed E-state index contributed by atoms with van der Waals surface area (Å²) in [6.45, 7) is 8.36. The smallest absolute Gasteiger partial charge is 0.244 e. The topological polar surface area (TPSA) is 75.4 Å². The van der Waals surface area contributed by atoms with Gasteiger partial charge < -0.3 is 10.6 Å². The highest BCUT2D eigenvalue weighted by molar-refractivity contribution is 9.11. The van der Waals surface area contributed by atoms with Gasteiger partial charge in [0.15, 0.2) is 0 Å². The predicted octanol–water partition coefficient (Wildman–Crippen LogP) is 2.80. The Morgan fingerprint density at radius 2 is 1.86 bits per heavy atom. The number of nitrogens with one attached hydrogen (secondary N) is 1. The predicted molar refractivity (Wildman–Crippen MR) is 93.8 cm³/mol. The first-order valence-electron chi connectivity index (χ1n) is 6.70. The zero-order valence-corrected chi connectivity index (χ0v) is 16.3. The SMILES string of the molecule is CCN(CC)CC(C)NS(=O)(=O)c1c(N)cc(Br)cc1Br. The molecule has 1 aromatic rings. The molecular formula is C13H21Br2N3O2S. The molecule has 1 unspecified atom stereocenters. The van der Waals surface area contributed by atoms with Gasteiger partial charge >= 0.3 is 0 Å². The Morgan fingerprint density at radius 1 is 1.29 bits per heavy atom. The molecule has 0 aliphatic heterocycles. The number of benzene rings is 1. The van der Waals surface area contributed by atoms with Crippen molar-refractivity contribution >= 4 is 47.6 Å². The van der Waals surface area contributed by atoms with E-state index in [1.807, 2.05) is 20.8 Å². The number of nitrogens with two attached hydrogens (primary N) is 1. The Labute approximate surface area is 143 Å². The van der Waals surface area contributed by atoms with E-state index in [4.69, 9.17) is 5.73 Å². The molecule has 8 heteroatoms. The molecule has 0 spiro atoms. The Kier molecular flexibility index (Phi) is 7.12. The lowest BCUT2D eigenvalue weighted by Gasteiger charge is -2.23. The van der Waals surface area contributed by atoms with Gasteiger partial charge in [-0.2, -0.15) is 0 Å². The molecule has 120 valence electrons. The molecule has 5 nitrogen and oxygen atoms in total. The van der Waals surface area contributed by atoms with E-state index in [2.05, 4.69) is 41.5 Å². The maximum absolute atomic E-state index is 12.5. The van der Waals surface area contributed by atoms with Gasteiger partial charge in [-0.05, 0) is 48.1 Å². The Hall–Kier alpha value is -0.150. The van der Waals surface area contributed by atoms with Crippen molar-refractivity contribution in [2.45, 2.75) is 31.7 Å². The van der Waals surface area contributed by atoms with Gasteiger partial charge in [-0.3, -0.25) is 0 Å². The summed E-state index contributed by atoms with van der Waals surface area (Å²) in [4.78, 5) is 2.24. The summed E-state index contributed by atoms with van der Waals surface area (Å²) in [5.74, 6) is 0. The van der Waals surface area contributed by atoms with Crippen LogP contribution in [0.5, 0.6) is 0 Å². The van der Waals surface area contributed by atoms with Crippen molar-refractivity contribution in [1.82, 2.24) is 9.62 Å². The molecule has 0 saturated heterocycles. The summed E-state index contributed by atoms with van der Waals surface area (Å²) in [6, 6.07) is 3.04. The molecule has 0 heterocycles. The third-order valence-electron chi connectivity index (χ3n) is 3.09. The molecule has 1 atom stereocenters. The summed E-state index contributed by atoms with van der Waals surface area (Å²) >= 11 is 6.55. The van der Waals surface area contributed by atoms with E-state index >= 15 is 0 Å². The first-order chi connectivity index (χ1) is 9.71. The van der Waals surface area contributed by atoms with Crippen molar-refractivity contribution in [1.29, 1.82) is 0 Å². The molecule has 0 aliphatic rings. The lowest BCUT2D eigenvalue weighted by molar-refractivity contribution is 0.282. The van der Waals surface area contributed by atoms with Gasteiger partial charge in [0.05, 0.1) is 5.69 Å². The zero-order chi connectivity index (χ0) is 16.2. The zero-order valence-electron chi connectivity index (χ0n) is 12.4. The normalized spacial score (nSPS) is 13.6. The molecule has 0 amide bonds. The third-order valence-corrected chi connectivity index (χ3v) is 6.14. The molecule has 3 N–H and O–H groups in total. The summed E-state index contributed by atoms with van der Waals surface area (Å²) in [7, 11) is -3.67. The van der Waals surface area contributed by atoms with Gasteiger partial charge in [-0.25, -0.2) is 13.1 Å². The van der Waals surface area contributed by atoms with Gasteiger partial charge in [0.25, 0.3) is 0 Å². The van der Waals surface area contributed by atoms with Crippen LogP contribution in [0, 0.1) is 0 Å². The second kappa shape index (κ2) is 7.92. The van der Waals surface area contributed by atoms with Gasteiger partial charge in [-0.1, -0.05) is 29.8 Å². The highest BCUT2D eigenvalue weighted by Crippen LogP contribution is 2.31. The van der Waals surface area contributed by atoms with E-state index in [9.17, 15) is 8.42 Å². The Bertz CT molecular complexity index is 566. The van der Waals surface area contributed by atoms with E-state index in [1.165, 1.54) is 0 Å². The molecule has 1 aromatic carbocycles. The number of nitrogen functional groups attached to an aromatic ring is 1. The first kappa shape index (κ1) is 18.9. The number of sulfonamides is 1. The second-order valence-corrected chi connectivity index (χ2v) is 8.23. The quantitative estimate of drug-likeness (QED) is 0.636. The molecule has 0 bridgehead atoms. The van der Waals surface area contributed by atoms with Crippen molar-refractivity contribution in [2.24, 2.45) is 0 Å². The van der Waals surface area contributed by atoms with Crippen LogP contribution in [0.3, 0.4) is 0 Å². The van der Waals surface area contributed by atoms with Crippen LogP contribution in [0.1, 0.15) is 20.8 Å². The monoisotopic (exact) mass is 441 g/mol. The molecule has 1 rings (SSSR count). The van der Waals surface area contributed by atoms with Gasteiger partial charge in [0.2, 0.25) is 10.0 Å². The van der Waals surface area contributed by atoms with Crippen molar-refractivity contribution in [3.8, 4) is 0 Å². The van der Waals surface area contributed by atoms with Crippen molar-refractivity contribution < 1.29 is 8.42 Å². The molecule has 0 radical (unpaired) electrons. The summed E-state index contributed by atoms with van der Waals surface area (Å²) in [5.41, 5.74) is 6.06. The fourth-order valence-electron chi connectivity index (χ4n) is 2.09. The second-order valence-electron chi connectivity index (χ2n) is 4.81. The summed E-state index contributed by atoms with van der Waals surface area (Å²) in [6.07, 6.45) is 0. The Balaban J connectivity index is 2.97. The van der Waals surface area contributed by atoms with Crippen molar-refractivity contribution in [2.75, 3.05) is 25.4 Å². The molecule has 0 aromatic heterocycles. The first-order valence-corrected chi connectivity index (χ1v) is 9.77. The third kappa shape index (κ3) is 5.21. The molecular weight excluding hydrogens is 422 g/mol. The lowest BCUT2D eigenvalue weighted by Crippen LogP contribution is -2.42. The van der Waals surface area contributed by atoms with Crippen LogP contribution in [0.25, 0.3) is 0 Å². The van der Waals surface area contributed by atoms with E-state index in [0.717, 1.165) is 17.6 Å². The number of likely N-dealkylation sites (N-methyl/N-ethyl adjacent to an activating group) is 1. The average molecular weight is 443 g/mol. The highest BCUT2D eigenvalue weighted by Gasteiger charge is 2.24. The minimum atomic E-state index is -3.67. The molecule has 0 saturated carbocycles. The summed E-state index contributed by atoms with van der Waals surface area (Å²) < 4.78 is 28.8. The maximum atomic E-state index is 12.5. The molecule has 0 aliphatic carbocycles. The van der Waals surface area contributed by atoms with E-state index in [-0.39, 0.29) is 16.6 Å². The van der Waals surface area contributed by atoms with Gasteiger partial charge in [0, 0.05) is 21.5 Å². The fourth-order valence-corrected chi connectivity index (χ4v) is 5.40. The molecule has 0 fully saturated rings. The van der Waals surface area contributed by atoms with Crippen LogP contribution < -0.4 is 10.5 Å². The summed E-state index contributed by atoms with van der Waals surface area (Å²) in [5, 5.41) is 0. The minimum absolute atomic E-state index is 0.0806. The van der Waals surface area contributed by atoms with Crippen LogP contribution in [-0.4, -0.2) is 39.0 Å². The number of rotatable bonds is 7. The maximum Gasteiger partial charge on any atom is 0.244 e. The number of nitrogens with zero attached hydrogens (tertiary/aromatic N) is 1. The van der Waals surface area contributed by atoms with Gasteiger partial charge in [0.1, 0.15) is 4.90 Å². The lowest BCUT2D eigenvalue weighted by atomic mass is 10.3. The van der Waals surface area contributed by atoms with Crippen LogP contribution in [0.15, 0.2) is 26.0 Å². The number of hydrogen-bond donors (Lipinski definition) is 2. The largest absolute Gasteiger partial charge is 0.398 e. The van der Waals surface area contributed by atoms with Crippen LogP contribution >= 0.6 is 31.9 Å². The Morgan fingerprint density at radius 3 is 2.33 bits per heavy atom. The van der Waals surface area contributed by atoms with Crippen molar-refractivity contribution in [3.63, 3.8) is 0 Å². The number of anilines is 1. The van der Waals surface area contributed by atoms with Gasteiger partial charge in [-0.15, -0.1) is 0 Å². The number of hydrogen-bond acceptors (Lipinski definition) is 4. The van der Waals surface area contributed by atoms with Crippen LogP contribution in [0.2, 0.25) is 0 Å². The van der Waals surface area contributed by atoms with Crippen molar-refractivity contribution in [3.05, 3.63) is 21.1 Å². The van der Waals surface area contributed by atoms with E-state index in [1.54, 1.807) is 12.1 Å². The van der Waals surface area contributed by atoms with E-state index < -0.39 is 10.0 Å². The van der Waals surface area contributed by atoms with Crippen LogP contribution in [0.4, 0.5) is 5.69 Å². The number of halogens is 2.